The van der Waals surface area contributed by atoms with Crippen LogP contribution in [0.3, 0.4) is 0 Å². The summed E-state index contributed by atoms with van der Waals surface area (Å²) in [6.45, 7) is 5.71. The number of methoxy groups -OCH3 is 1. The summed E-state index contributed by atoms with van der Waals surface area (Å²) >= 11 is 0.841. The highest BCUT2D eigenvalue weighted by Crippen LogP contribution is 2.35. The predicted octanol–water partition coefficient (Wildman–Crippen LogP) is 5.33. The lowest BCUT2D eigenvalue weighted by Crippen LogP contribution is -2.27. The fourth-order valence-corrected chi connectivity index (χ4v) is 5.01. The largest absolute Gasteiger partial charge is 0.465 e. The molecule has 2 heterocycles. The van der Waals surface area contributed by atoms with Crippen molar-refractivity contribution in [2.75, 3.05) is 7.11 Å². The van der Waals surface area contributed by atoms with Crippen LogP contribution in [0, 0.1) is 30.9 Å². The van der Waals surface area contributed by atoms with Crippen molar-refractivity contribution in [1.29, 1.82) is 0 Å². The molecule has 1 saturated heterocycles. The van der Waals surface area contributed by atoms with Crippen LogP contribution in [0.2, 0.25) is 0 Å². The van der Waals surface area contributed by atoms with Gasteiger partial charge < -0.3 is 9.30 Å². The number of non-ortho nitro benzene ring substituents is 1. The Labute approximate surface area is 211 Å². The van der Waals surface area contributed by atoms with Crippen molar-refractivity contribution in [3.63, 3.8) is 0 Å². The number of carbonyl (C=O) groups excluding carboxylic acids is 3. The third-order valence-corrected chi connectivity index (χ3v) is 6.86. The maximum absolute atomic E-state index is 13.0. The highest BCUT2D eigenvalue weighted by molar-refractivity contribution is 8.18. The van der Waals surface area contributed by atoms with Crippen molar-refractivity contribution in [1.82, 2.24) is 9.47 Å². The van der Waals surface area contributed by atoms with Crippen molar-refractivity contribution < 1.29 is 24.0 Å². The maximum atomic E-state index is 13.0. The van der Waals surface area contributed by atoms with E-state index in [1.807, 2.05) is 37.5 Å². The number of hydrogen-bond donors (Lipinski definition) is 0. The number of thioether (sulfide) groups is 1. The summed E-state index contributed by atoms with van der Waals surface area (Å²) in [7, 11) is 1.34. The van der Waals surface area contributed by atoms with Crippen molar-refractivity contribution in [2.45, 2.75) is 27.3 Å². The lowest BCUT2D eigenvalue weighted by molar-refractivity contribution is -0.384. The first-order chi connectivity index (χ1) is 17.1. The summed E-state index contributed by atoms with van der Waals surface area (Å²) in [5, 5.41) is 10.6. The minimum absolute atomic E-state index is 0.0472. The molecule has 3 aromatic rings. The Hall–Kier alpha value is -4.18. The lowest BCUT2D eigenvalue weighted by Gasteiger charge is -2.14. The van der Waals surface area contributed by atoms with Crippen LogP contribution in [-0.4, -0.2) is 38.6 Å². The van der Waals surface area contributed by atoms with Crippen LogP contribution in [0.15, 0.2) is 53.4 Å². The number of esters is 1. The van der Waals surface area contributed by atoms with Gasteiger partial charge in [-0.25, -0.2) is 4.79 Å². The maximum Gasteiger partial charge on any atom is 0.337 e. The average molecular weight is 506 g/mol. The van der Waals surface area contributed by atoms with Gasteiger partial charge in [-0.3, -0.25) is 24.6 Å². The van der Waals surface area contributed by atoms with Crippen molar-refractivity contribution in [2.24, 2.45) is 0 Å². The number of imide groups is 1. The topological polar surface area (TPSA) is 112 Å². The molecule has 0 spiro atoms. The number of nitro groups is 1. The lowest BCUT2D eigenvalue weighted by atomic mass is 10.1. The van der Waals surface area contributed by atoms with Gasteiger partial charge in [0.15, 0.2) is 0 Å². The van der Waals surface area contributed by atoms with E-state index >= 15 is 0 Å². The molecule has 1 aromatic heterocycles. The molecule has 1 aliphatic heterocycles. The van der Waals surface area contributed by atoms with E-state index in [0.717, 1.165) is 44.9 Å². The molecule has 0 saturated carbocycles. The Morgan fingerprint density at radius 3 is 2.53 bits per heavy atom. The molecule has 0 unspecified atom stereocenters. The molecule has 9 nitrogen and oxygen atoms in total. The molecule has 2 amide bonds. The molecule has 4 rings (SSSR count). The molecule has 2 aromatic carbocycles. The van der Waals surface area contributed by atoms with Gasteiger partial charge in [-0.2, -0.15) is 0 Å². The number of benzene rings is 2. The number of nitro benzene ring substituents is 1. The summed E-state index contributed by atoms with van der Waals surface area (Å²) in [6, 6.07) is 13.1. The Kier molecular flexibility index (Phi) is 6.80. The minimum Gasteiger partial charge on any atom is -0.465 e. The first-order valence-corrected chi connectivity index (χ1v) is 11.8. The first-order valence-electron chi connectivity index (χ1n) is 11.0. The third kappa shape index (κ3) is 4.67. The molecule has 0 radical (unpaired) electrons. The van der Waals surface area contributed by atoms with Crippen LogP contribution in [0.5, 0.6) is 0 Å². The fraction of sp³-hybridized carbons (Fsp3) is 0.192. The predicted molar refractivity (Wildman–Crippen MR) is 136 cm³/mol. The van der Waals surface area contributed by atoms with Crippen LogP contribution in [0.1, 0.15) is 38.4 Å². The number of amides is 2. The summed E-state index contributed by atoms with van der Waals surface area (Å²) < 4.78 is 6.82. The van der Waals surface area contributed by atoms with E-state index in [4.69, 9.17) is 4.74 Å². The number of hydrogen-bond acceptors (Lipinski definition) is 7. The van der Waals surface area contributed by atoms with Gasteiger partial charge in [-0.1, -0.05) is 12.1 Å². The highest BCUT2D eigenvalue weighted by Gasteiger charge is 2.35. The number of rotatable bonds is 6. The molecule has 0 bridgehead atoms. The highest BCUT2D eigenvalue weighted by atomic mass is 32.2. The second-order valence-corrected chi connectivity index (χ2v) is 9.34. The van der Waals surface area contributed by atoms with Gasteiger partial charge in [-0.05, 0) is 79.6 Å². The van der Waals surface area contributed by atoms with Crippen molar-refractivity contribution in [3.05, 3.63) is 97.2 Å². The molecule has 0 aliphatic carbocycles. The molecule has 1 aliphatic rings. The Balaban J connectivity index is 1.62. The molecule has 0 atom stereocenters. The van der Waals surface area contributed by atoms with E-state index in [1.54, 1.807) is 24.3 Å². The van der Waals surface area contributed by atoms with Crippen LogP contribution in [0.25, 0.3) is 11.8 Å². The Bertz CT molecular complexity index is 1460. The molecule has 0 N–H and O–H groups in total. The van der Waals surface area contributed by atoms with Crippen molar-refractivity contribution in [3.8, 4) is 5.69 Å². The Morgan fingerprint density at radius 1 is 1.11 bits per heavy atom. The van der Waals surface area contributed by atoms with E-state index in [1.165, 1.54) is 25.3 Å². The SMILES string of the molecule is COC(=O)c1ccc(-n2c(C)cc(/C=C3\SC(=O)N(Cc4cccc([N+](=O)[O-])c4)C3=O)c2C)c(C)c1. The number of ether oxygens (including phenoxy) is 1. The monoisotopic (exact) mass is 505 g/mol. The van der Waals surface area contributed by atoms with Crippen LogP contribution >= 0.6 is 11.8 Å². The number of aromatic nitrogens is 1. The zero-order valence-electron chi connectivity index (χ0n) is 20.1. The summed E-state index contributed by atoms with van der Waals surface area (Å²) in [5.74, 6) is -0.855. The summed E-state index contributed by atoms with van der Waals surface area (Å²) in [5.41, 5.74) is 5.19. The zero-order valence-corrected chi connectivity index (χ0v) is 20.9. The number of aryl methyl sites for hydroxylation is 2. The van der Waals surface area contributed by atoms with Crippen molar-refractivity contribution >= 4 is 40.6 Å². The van der Waals surface area contributed by atoms with Gasteiger partial charge >= 0.3 is 5.97 Å². The number of carbonyl (C=O) groups is 3. The second kappa shape index (κ2) is 9.82. The van der Waals surface area contributed by atoms with Gasteiger partial charge in [0.2, 0.25) is 0 Å². The molecule has 10 heteroatoms. The quantitative estimate of drug-likeness (QED) is 0.193. The smallest absolute Gasteiger partial charge is 0.337 e. The normalized spacial score (nSPS) is 14.6. The van der Waals surface area contributed by atoms with E-state index in [0.29, 0.717) is 11.1 Å². The van der Waals surface area contributed by atoms with Gasteiger partial charge in [0.1, 0.15) is 0 Å². The molecule has 1 fully saturated rings. The van der Waals surface area contributed by atoms with E-state index < -0.39 is 22.0 Å². The van der Waals surface area contributed by atoms with E-state index in [2.05, 4.69) is 0 Å². The minimum atomic E-state index is -0.516. The third-order valence-electron chi connectivity index (χ3n) is 5.95. The van der Waals surface area contributed by atoms with Gasteiger partial charge in [-0.15, -0.1) is 0 Å². The number of nitrogens with zero attached hydrogens (tertiary/aromatic N) is 3. The van der Waals surface area contributed by atoms with E-state index in [-0.39, 0.29) is 17.1 Å². The average Bonchev–Trinajstić information content (AvgIpc) is 3.27. The molecular formula is C26H23N3O6S. The summed E-state index contributed by atoms with van der Waals surface area (Å²) in [4.78, 5) is 49.4. The zero-order chi connectivity index (χ0) is 26.1. The second-order valence-electron chi connectivity index (χ2n) is 8.35. The van der Waals surface area contributed by atoms with Crippen LogP contribution < -0.4 is 0 Å². The summed E-state index contributed by atoms with van der Waals surface area (Å²) in [6.07, 6.45) is 1.69. The van der Waals surface area contributed by atoms with Gasteiger partial charge in [0, 0.05) is 29.2 Å². The molecule has 184 valence electrons. The van der Waals surface area contributed by atoms with Crippen LogP contribution in [-0.2, 0) is 16.1 Å². The van der Waals surface area contributed by atoms with Crippen LogP contribution in [0.4, 0.5) is 10.5 Å². The van der Waals surface area contributed by atoms with Gasteiger partial charge in [0.25, 0.3) is 16.8 Å². The van der Waals surface area contributed by atoms with Gasteiger partial charge in [0.05, 0.1) is 29.0 Å². The molecular weight excluding hydrogens is 482 g/mol. The first kappa shape index (κ1) is 24.9. The molecule has 36 heavy (non-hydrogen) atoms. The Morgan fingerprint density at radius 2 is 1.86 bits per heavy atom. The fourth-order valence-electron chi connectivity index (χ4n) is 4.18. The van der Waals surface area contributed by atoms with E-state index in [9.17, 15) is 24.5 Å². The standard InChI is InChI=1S/C26H23N3O6S/c1-15-10-19(25(31)35-4)8-9-22(15)28-16(2)11-20(17(28)3)13-23-24(30)27(26(32)36-23)14-18-6-5-7-21(12-18)29(33)34/h5-13H,14H2,1-4H3/b23-13-.